The van der Waals surface area contributed by atoms with Gasteiger partial charge < -0.3 is 10.1 Å². The number of nitrogens with zero attached hydrogens (tertiary/aromatic N) is 3. The Hall–Kier alpha value is -3.67. The molecule has 6 nitrogen and oxygen atoms in total. The SMILES string of the molecule is CC[C@@H](C(=O)Nc1cc(-c2cn3cccnc3n2)ccc1OC)c1ccccc1. The zero-order valence-corrected chi connectivity index (χ0v) is 16.4. The van der Waals surface area contributed by atoms with Gasteiger partial charge in [-0.15, -0.1) is 0 Å². The molecule has 0 saturated carbocycles. The van der Waals surface area contributed by atoms with Crippen LogP contribution in [-0.2, 0) is 4.79 Å². The molecule has 1 N–H and O–H groups in total. The van der Waals surface area contributed by atoms with Gasteiger partial charge in [-0.05, 0) is 36.2 Å². The van der Waals surface area contributed by atoms with E-state index >= 15 is 0 Å². The number of rotatable bonds is 6. The van der Waals surface area contributed by atoms with Gasteiger partial charge in [-0.25, -0.2) is 9.97 Å². The highest BCUT2D eigenvalue weighted by molar-refractivity contribution is 5.97. The molecule has 2 aromatic heterocycles. The van der Waals surface area contributed by atoms with Crippen LogP contribution in [-0.4, -0.2) is 27.4 Å². The molecule has 4 aromatic rings. The van der Waals surface area contributed by atoms with Gasteiger partial charge in [-0.3, -0.25) is 9.20 Å². The Kier molecular flexibility index (Phi) is 5.24. The second-order valence-electron chi connectivity index (χ2n) is 6.73. The molecule has 1 atom stereocenters. The second-order valence-corrected chi connectivity index (χ2v) is 6.73. The van der Waals surface area contributed by atoms with Gasteiger partial charge >= 0.3 is 0 Å². The maximum absolute atomic E-state index is 13.0. The fraction of sp³-hybridized carbons (Fsp3) is 0.174. The van der Waals surface area contributed by atoms with E-state index in [0.717, 1.165) is 16.8 Å². The number of imidazole rings is 1. The molecular formula is C23H22N4O2. The van der Waals surface area contributed by atoms with Crippen LogP contribution in [0.5, 0.6) is 5.75 Å². The van der Waals surface area contributed by atoms with Gasteiger partial charge in [0.05, 0.1) is 24.4 Å². The topological polar surface area (TPSA) is 68.5 Å². The lowest BCUT2D eigenvalue weighted by Crippen LogP contribution is -2.21. The fourth-order valence-electron chi connectivity index (χ4n) is 3.41. The highest BCUT2D eigenvalue weighted by atomic mass is 16.5. The minimum Gasteiger partial charge on any atom is -0.495 e. The number of methoxy groups -OCH3 is 1. The average Bonchev–Trinajstić information content (AvgIpc) is 3.19. The fourth-order valence-corrected chi connectivity index (χ4v) is 3.41. The van der Waals surface area contributed by atoms with E-state index in [1.54, 1.807) is 13.3 Å². The number of benzene rings is 2. The van der Waals surface area contributed by atoms with Crippen LogP contribution in [0.4, 0.5) is 5.69 Å². The molecule has 0 aliphatic rings. The first-order valence-corrected chi connectivity index (χ1v) is 9.53. The van der Waals surface area contributed by atoms with Crippen molar-refractivity contribution in [1.82, 2.24) is 14.4 Å². The third kappa shape index (κ3) is 3.82. The van der Waals surface area contributed by atoms with Crippen LogP contribution in [0.25, 0.3) is 17.0 Å². The normalized spacial score (nSPS) is 11.9. The first kappa shape index (κ1) is 18.7. The molecule has 0 saturated heterocycles. The van der Waals surface area contributed by atoms with E-state index in [0.29, 0.717) is 23.6 Å². The van der Waals surface area contributed by atoms with Crippen molar-refractivity contribution in [2.45, 2.75) is 19.3 Å². The minimum absolute atomic E-state index is 0.0641. The van der Waals surface area contributed by atoms with E-state index in [-0.39, 0.29) is 11.8 Å². The molecule has 0 unspecified atom stereocenters. The number of hydrogen-bond donors (Lipinski definition) is 1. The molecule has 0 fully saturated rings. The standard InChI is InChI=1S/C23H22N4O2/c1-3-18(16-8-5-4-6-9-16)22(28)25-19-14-17(10-11-21(19)29-2)20-15-27-13-7-12-24-23(27)26-20/h4-15,18H,3H2,1-2H3,(H,25,28)/t18-/m1/s1. The molecule has 0 aliphatic heterocycles. The molecule has 0 aliphatic carbocycles. The second kappa shape index (κ2) is 8.14. The minimum atomic E-state index is -0.232. The summed E-state index contributed by atoms with van der Waals surface area (Å²) in [6.07, 6.45) is 6.22. The quantitative estimate of drug-likeness (QED) is 0.528. The predicted molar refractivity (Wildman–Crippen MR) is 113 cm³/mol. The summed E-state index contributed by atoms with van der Waals surface area (Å²) in [7, 11) is 1.59. The van der Waals surface area contributed by atoms with Crippen LogP contribution < -0.4 is 10.1 Å². The molecule has 0 bridgehead atoms. The zero-order chi connectivity index (χ0) is 20.2. The van der Waals surface area contributed by atoms with Crippen molar-refractivity contribution >= 4 is 17.4 Å². The van der Waals surface area contributed by atoms with E-state index in [9.17, 15) is 4.79 Å². The lowest BCUT2D eigenvalue weighted by atomic mass is 9.95. The lowest BCUT2D eigenvalue weighted by molar-refractivity contribution is -0.117. The number of nitrogens with one attached hydrogen (secondary N) is 1. The Labute approximate surface area is 169 Å². The molecule has 146 valence electrons. The van der Waals surface area contributed by atoms with Crippen LogP contribution in [0.2, 0.25) is 0 Å². The Morgan fingerprint density at radius 1 is 1.17 bits per heavy atom. The van der Waals surface area contributed by atoms with E-state index in [1.807, 2.05) is 78.3 Å². The van der Waals surface area contributed by atoms with Crippen molar-refractivity contribution in [3.8, 4) is 17.0 Å². The smallest absolute Gasteiger partial charge is 0.234 e. The maximum atomic E-state index is 13.0. The van der Waals surface area contributed by atoms with E-state index in [2.05, 4.69) is 15.3 Å². The summed E-state index contributed by atoms with van der Waals surface area (Å²) in [6, 6.07) is 17.3. The van der Waals surface area contributed by atoms with Gasteiger partial charge in [-0.1, -0.05) is 37.3 Å². The van der Waals surface area contributed by atoms with E-state index in [4.69, 9.17) is 4.74 Å². The maximum Gasteiger partial charge on any atom is 0.234 e. The molecular weight excluding hydrogens is 364 g/mol. The third-order valence-electron chi connectivity index (χ3n) is 4.92. The van der Waals surface area contributed by atoms with Crippen LogP contribution in [0.1, 0.15) is 24.8 Å². The first-order valence-electron chi connectivity index (χ1n) is 9.53. The van der Waals surface area contributed by atoms with Gasteiger partial charge in [0.2, 0.25) is 11.7 Å². The number of ether oxygens (including phenoxy) is 1. The molecule has 6 heteroatoms. The number of carbonyl (C=O) groups is 1. The van der Waals surface area contributed by atoms with Gasteiger partial charge in [-0.2, -0.15) is 0 Å². The average molecular weight is 386 g/mol. The van der Waals surface area contributed by atoms with Crippen molar-refractivity contribution in [2.75, 3.05) is 12.4 Å². The van der Waals surface area contributed by atoms with Crippen LogP contribution >= 0.6 is 0 Å². The summed E-state index contributed by atoms with van der Waals surface area (Å²) < 4.78 is 7.32. The molecule has 2 heterocycles. The molecule has 4 rings (SSSR count). The number of carbonyl (C=O) groups excluding carboxylic acids is 1. The highest BCUT2D eigenvalue weighted by Gasteiger charge is 2.20. The van der Waals surface area contributed by atoms with Crippen molar-refractivity contribution in [3.63, 3.8) is 0 Å². The summed E-state index contributed by atoms with van der Waals surface area (Å²) in [5.41, 5.74) is 3.26. The molecule has 1 amide bonds. The van der Waals surface area contributed by atoms with Crippen molar-refractivity contribution in [2.24, 2.45) is 0 Å². The number of aromatic nitrogens is 3. The Morgan fingerprint density at radius 2 is 2.00 bits per heavy atom. The number of anilines is 1. The predicted octanol–water partition coefficient (Wildman–Crippen LogP) is 4.54. The van der Waals surface area contributed by atoms with Crippen molar-refractivity contribution in [3.05, 3.63) is 78.8 Å². The summed E-state index contributed by atoms with van der Waals surface area (Å²) >= 11 is 0. The molecule has 0 spiro atoms. The zero-order valence-electron chi connectivity index (χ0n) is 16.4. The van der Waals surface area contributed by atoms with E-state index < -0.39 is 0 Å². The highest BCUT2D eigenvalue weighted by Crippen LogP contribution is 2.32. The lowest BCUT2D eigenvalue weighted by Gasteiger charge is -2.17. The third-order valence-corrected chi connectivity index (χ3v) is 4.92. The summed E-state index contributed by atoms with van der Waals surface area (Å²) in [5.74, 6) is 0.931. The first-order chi connectivity index (χ1) is 14.2. The van der Waals surface area contributed by atoms with Gasteiger partial charge in [0, 0.05) is 24.2 Å². The summed E-state index contributed by atoms with van der Waals surface area (Å²) in [6.45, 7) is 2.01. The van der Waals surface area contributed by atoms with Gasteiger partial charge in [0.1, 0.15) is 5.75 Å². The Balaban J connectivity index is 1.65. The van der Waals surface area contributed by atoms with E-state index in [1.165, 1.54) is 0 Å². The Bertz CT molecular complexity index is 1110. The molecule has 2 aromatic carbocycles. The summed E-state index contributed by atoms with van der Waals surface area (Å²) in [4.78, 5) is 21.8. The number of hydrogen-bond acceptors (Lipinski definition) is 4. The van der Waals surface area contributed by atoms with Crippen LogP contribution in [0, 0.1) is 0 Å². The Morgan fingerprint density at radius 3 is 2.72 bits per heavy atom. The number of amides is 1. The largest absolute Gasteiger partial charge is 0.495 e. The monoisotopic (exact) mass is 386 g/mol. The van der Waals surface area contributed by atoms with Crippen molar-refractivity contribution < 1.29 is 9.53 Å². The number of fused-ring (bicyclic) bond motifs is 1. The van der Waals surface area contributed by atoms with Crippen molar-refractivity contribution in [1.29, 1.82) is 0 Å². The molecule has 29 heavy (non-hydrogen) atoms. The summed E-state index contributed by atoms with van der Waals surface area (Å²) in [5, 5.41) is 3.04. The van der Waals surface area contributed by atoms with Gasteiger partial charge in [0.25, 0.3) is 0 Å². The molecule has 0 radical (unpaired) electrons. The van der Waals surface area contributed by atoms with Gasteiger partial charge in [0.15, 0.2) is 0 Å². The van der Waals surface area contributed by atoms with Crippen LogP contribution in [0.15, 0.2) is 73.2 Å². The van der Waals surface area contributed by atoms with Crippen LogP contribution in [0.3, 0.4) is 0 Å².